The highest BCUT2D eigenvalue weighted by molar-refractivity contribution is 5.79. The van der Waals surface area contributed by atoms with Crippen LogP contribution in [0.5, 0.6) is 5.75 Å². The van der Waals surface area contributed by atoms with Crippen molar-refractivity contribution in [1.82, 2.24) is 10.2 Å². The molecule has 4 N–H and O–H groups in total. The minimum Gasteiger partial charge on any atom is -0.508 e. The molecule has 36 heavy (non-hydrogen) atoms. The number of nitrogens with one attached hydrogen (secondary N) is 1. The summed E-state index contributed by atoms with van der Waals surface area (Å²) in [5.74, 6) is 0.170. The van der Waals surface area contributed by atoms with E-state index in [0.717, 1.165) is 30.5 Å². The van der Waals surface area contributed by atoms with Gasteiger partial charge in [-0.2, -0.15) is 0 Å². The monoisotopic (exact) mass is 488 g/mol. The lowest BCUT2D eigenvalue weighted by Crippen LogP contribution is -2.43. The fourth-order valence-corrected chi connectivity index (χ4v) is 4.85. The van der Waals surface area contributed by atoms with E-state index < -0.39 is 6.10 Å². The molecule has 0 bridgehead atoms. The Hall–Kier alpha value is -3.19. The molecule has 6 nitrogen and oxygen atoms in total. The van der Waals surface area contributed by atoms with Gasteiger partial charge in [-0.25, -0.2) is 0 Å². The van der Waals surface area contributed by atoms with E-state index in [9.17, 15) is 20.1 Å². The summed E-state index contributed by atoms with van der Waals surface area (Å²) in [6.07, 6.45) is 1.25. The molecule has 0 aromatic heterocycles. The smallest absolute Gasteiger partial charge is 0.227 e. The zero-order valence-corrected chi connectivity index (χ0v) is 21.1. The number of aliphatic hydroxyl groups is 2. The van der Waals surface area contributed by atoms with Crippen LogP contribution in [0.4, 0.5) is 0 Å². The van der Waals surface area contributed by atoms with Crippen LogP contribution in [0.3, 0.4) is 0 Å². The summed E-state index contributed by atoms with van der Waals surface area (Å²) in [5, 5.41) is 33.2. The van der Waals surface area contributed by atoms with Gasteiger partial charge in [0, 0.05) is 30.7 Å². The molecule has 0 aliphatic carbocycles. The highest BCUT2D eigenvalue weighted by Gasteiger charge is 2.22. The largest absolute Gasteiger partial charge is 0.508 e. The van der Waals surface area contributed by atoms with E-state index in [4.69, 9.17) is 0 Å². The van der Waals surface area contributed by atoms with Crippen molar-refractivity contribution in [2.45, 2.75) is 57.9 Å². The quantitative estimate of drug-likeness (QED) is 0.369. The van der Waals surface area contributed by atoms with Crippen molar-refractivity contribution < 1.29 is 20.1 Å². The molecule has 1 amide bonds. The van der Waals surface area contributed by atoms with Crippen molar-refractivity contribution >= 4 is 5.91 Å². The van der Waals surface area contributed by atoms with Crippen LogP contribution in [0.25, 0.3) is 0 Å². The van der Waals surface area contributed by atoms with E-state index in [1.165, 1.54) is 17.2 Å². The number of carbonyl (C=O) groups excluding carboxylic acids is 1. The second kappa shape index (κ2) is 11.2. The molecule has 0 unspecified atom stereocenters. The lowest BCUT2D eigenvalue weighted by Gasteiger charge is -2.29. The Morgan fingerprint density at radius 2 is 1.78 bits per heavy atom. The van der Waals surface area contributed by atoms with Gasteiger partial charge in [0.05, 0.1) is 19.1 Å². The Morgan fingerprint density at radius 3 is 2.56 bits per heavy atom. The summed E-state index contributed by atoms with van der Waals surface area (Å²) >= 11 is 0. The number of hydrogen-bond donors (Lipinski definition) is 4. The van der Waals surface area contributed by atoms with Crippen LogP contribution >= 0.6 is 0 Å². The molecule has 0 saturated carbocycles. The summed E-state index contributed by atoms with van der Waals surface area (Å²) in [6, 6.07) is 21.3. The van der Waals surface area contributed by atoms with Gasteiger partial charge in [-0.1, -0.05) is 54.6 Å². The normalized spacial score (nSPS) is 14.4. The zero-order valence-electron chi connectivity index (χ0n) is 21.1. The van der Waals surface area contributed by atoms with Gasteiger partial charge < -0.3 is 25.5 Å². The maximum absolute atomic E-state index is 13.0. The highest BCUT2D eigenvalue weighted by Crippen LogP contribution is 2.24. The third-order valence-corrected chi connectivity index (χ3v) is 6.91. The number of benzene rings is 3. The summed E-state index contributed by atoms with van der Waals surface area (Å²) < 4.78 is 0. The Bertz CT molecular complexity index is 1210. The zero-order chi connectivity index (χ0) is 25.7. The lowest BCUT2D eigenvalue weighted by molar-refractivity contribution is -0.131. The molecule has 1 heterocycles. The third-order valence-electron chi connectivity index (χ3n) is 6.91. The number of fused-ring (bicyclic) bond motifs is 1. The molecule has 190 valence electrons. The van der Waals surface area contributed by atoms with E-state index in [1.54, 1.807) is 12.1 Å². The molecule has 1 aliphatic rings. The minimum atomic E-state index is -0.770. The van der Waals surface area contributed by atoms with Crippen molar-refractivity contribution in [3.05, 3.63) is 100 Å². The first-order valence-electron chi connectivity index (χ1n) is 12.5. The predicted octanol–water partition coefficient (Wildman–Crippen LogP) is 3.66. The fourth-order valence-electron chi connectivity index (χ4n) is 4.85. The molecule has 1 aliphatic heterocycles. The molecule has 1 atom stereocenters. The maximum atomic E-state index is 13.0. The van der Waals surface area contributed by atoms with E-state index in [2.05, 4.69) is 49.5 Å². The van der Waals surface area contributed by atoms with Crippen LogP contribution in [-0.4, -0.2) is 44.8 Å². The third kappa shape index (κ3) is 6.52. The number of amides is 1. The minimum absolute atomic E-state index is 0.0187. The first-order chi connectivity index (χ1) is 17.2. The van der Waals surface area contributed by atoms with Crippen LogP contribution in [0.2, 0.25) is 0 Å². The Labute approximate surface area is 213 Å². The summed E-state index contributed by atoms with van der Waals surface area (Å²) in [5.41, 5.74) is 5.45. The van der Waals surface area contributed by atoms with Gasteiger partial charge in [-0.05, 0) is 66.6 Å². The van der Waals surface area contributed by atoms with Gasteiger partial charge in [-0.3, -0.25) is 4.79 Å². The number of carbonyl (C=O) groups is 1. The molecule has 0 fully saturated rings. The maximum Gasteiger partial charge on any atom is 0.227 e. The first-order valence-corrected chi connectivity index (χ1v) is 12.5. The van der Waals surface area contributed by atoms with Crippen LogP contribution in [0.1, 0.15) is 53.3 Å². The molecule has 0 saturated heterocycles. The number of hydrogen-bond acceptors (Lipinski definition) is 5. The van der Waals surface area contributed by atoms with Gasteiger partial charge in [0.2, 0.25) is 5.91 Å². The molecule has 3 aromatic carbocycles. The molecular weight excluding hydrogens is 452 g/mol. The lowest BCUT2D eigenvalue weighted by atomic mass is 9.92. The second-order valence-electron chi connectivity index (χ2n) is 10.3. The molecule has 0 radical (unpaired) electrons. The first kappa shape index (κ1) is 25.9. The van der Waals surface area contributed by atoms with Gasteiger partial charge in [0.25, 0.3) is 0 Å². The number of aliphatic hydroxyl groups excluding tert-OH is 2. The number of β-amino-alcohol motifs (C(OH)–C–C–N with tert-alkyl or cyclic N) is 1. The highest BCUT2D eigenvalue weighted by atomic mass is 16.3. The average Bonchev–Trinajstić information content (AvgIpc) is 2.87. The van der Waals surface area contributed by atoms with Gasteiger partial charge in [0.1, 0.15) is 5.75 Å². The van der Waals surface area contributed by atoms with Crippen molar-refractivity contribution in [2.75, 3.05) is 13.1 Å². The topological polar surface area (TPSA) is 93.0 Å². The second-order valence-corrected chi connectivity index (χ2v) is 10.3. The Balaban J connectivity index is 1.33. The molecular formula is C30H36N2O4. The van der Waals surface area contributed by atoms with Gasteiger partial charge in [0.15, 0.2) is 0 Å². The Morgan fingerprint density at radius 1 is 1.03 bits per heavy atom. The van der Waals surface area contributed by atoms with E-state index in [1.807, 2.05) is 23.1 Å². The van der Waals surface area contributed by atoms with Crippen LogP contribution in [0, 0.1) is 0 Å². The molecule has 0 spiro atoms. The van der Waals surface area contributed by atoms with Crippen molar-refractivity contribution in [3.8, 4) is 5.75 Å². The standard InChI is InChI=1S/C30H36N2O4/c1-30(2,31-18-28(35)24-10-11-27(34)26(16-24)20-33)17-22-7-5-6-21(14-22)15-29(36)32-13-12-23-8-3-4-9-25(23)19-32/h3-11,14,16,28,31,33-35H,12-13,15,17-20H2,1-2H3/t28-/m0/s1. The SMILES string of the molecule is CC(C)(Cc1cccc(CC(=O)N2CCc3ccccc3C2)c1)NC[C@H](O)c1ccc(O)c(CO)c1. The van der Waals surface area contributed by atoms with Crippen molar-refractivity contribution in [3.63, 3.8) is 0 Å². The summed E-state index contributed by atoms with van der Waals surface area (Å²) in [4.78, 5) is 15.0. The van der Waals surface area contributed by atoms with Gasteiger partial charge in [-0.15, -0.1) is 0 Å². The van der Waals surface area contributed by atoms with Crippen LogP contribution in [0.15, 0.2) is 66.7 Å². The number of nitrogens with zero attached hydrogens (tertiary/aromatic N) is 1. The average molecular weight is 489 g/mol. The van der Waals surface area contributed by atoms with Crippen LogP contribution < -0.4 is 5.32 Å². The number of aromatic hydroxyl groups is 1. The summed E-state index contributed by atoms with van der Waals surface area (Å²) in [7, 11) is 0. The summed E-state index contributed by atoms with van der Waals surface area (Å²) in [6.45, 7) is 5.65. The number of phenols is 1. The Kier molecular flexibility index (Phi) is 8.09. The predicted molar refractivity (Wildman–Crippen MR) is 140 cm³/mol. The molecule has 4 rings (SSSR count). The van der Waals surface area contributed by atoms with E-state index in [0.29, 0.717) is 30.6 Å². The fraction of sp³-hybridized carbons (Fsp3) is 0.367. The van der Waals surface area contributed by atoms with E-state index in [-0.39, 0.29) is 23.8 Å². The van der Waals surface area contributed by atoms with Gasteiger partial charge >= 0.3 is 0 Å². The van der Waals surface area contributed by atoms with Crippen molar-refractivity contribution in [1.29, 1.82) is 0 Å². The molecule has 6 heteroatoms. The number of rotatable bonds is 9. The van der Waals surface area contributed by atoms with E-state index >= 15 is 0 Å². The molecule has 3 aromatic rings. The van der Waals surface area contributed by atoms with Crippen molar-refractivity contribution in [2.24, 2.45) is 0 Å². The van der Waals surface area contributed by atoms with Crippen LogP contribution in [-0.2, 0) is 37.2 Å².